The van der Waals surface area contributed by atoms with Crippen LogP contribution in [-0.4, -0.2) is 36.5 Å². The second-order valence-electron chi connectivity index (χ2n) is 5.38. The molecule has 15 heavy (non-hydrogen) atoms. The molecule has 2 aliphatic rings. The van der Waals surface area contributed by atoms with Crippen LogP contribution in [0.25, 0.3) is 0 Å². The number of hydrogen-bond acceptors (Lipinski definition) is 3. The summed E-state index contributed by atoms with van der Waals surface area (Å²) in [5.74, 6) is 1.59. The van der Waals surface area contributed by atoms with E-state index in [4.69, 9.17) is 4.74 Å². The Labute approximate surface area is 92.2 Å². The van der Waals surface area contributed by atoms with E-state index in [0.29, 0.717) is 19.3 Å². The number of aliphatic hydroxyl groups excluding tert-OH is 1. The Bertz CT molecular complexity index is 210. The van der Waals surface area contributed by atoms with E-state index < -0.39 is 0 Å². The van der Waals surface area contributed by atoms with Crippen molar-refractivity contribution in [1.82, 2.24) is 5.32 Å². The maximum absolute atomic E-state index is 9.67. The normalized spacial score (nSPS) is 47.0. The Morgan fingerprint density at radius 2 is 1.93 bits per heavy atom. The van der Waals surface area contributed by atoms with Crippen molar-refractivity contribution in [3.8, 4) is 0 Å². The second-order valence-corrected chi connectivity index (χ2v) is 5.38. The van der Waals surface area contributed by atoms with Gasteiger partial charge >= 0.3 is 0 Å². The molecular formula is C12H23NO2. The molecule has 5 unspecified atom stereocenters. The highest BCUT2D eigenvalue weighted by Gasteiger charge is 2.32. The fourth-order valence-electron chi connectivity index (χ4n) is 2.89. The Kier molecular flexibility index (Phi) is 3.65. The Morgan fingerprint density at radius 3 is 2.53 bits per heavy atom. The summed E-state index contributed by atoms with van der Waals surface area (Å²) in [5, 5.41) is 13.2. The van der Waals surface area contributed by atoms with Crippen molar-refractivity contribution in [3.63, 3.8) is 0 Å². The van der Waals surface area contributed by atoms with Gasteiger partial charge in [-0.2, -0.15) is 0 Å². The average Bonchev–Trinajstić information content (AvgIpc) is 2.57. The van der Waals surface area contributed by atoms with Crippen LogP contribution in [0.4, 0.5) is 0 Å². The van der Waals surface area contributed by atoms with Crippen LogP contribution in [0.1, 0.15) is 33.1 Å². The summed E-state index contributed by atoms with van der Waals surface area (Å²) in [6.07, 6.45) is 3.55. The molecule has 0 aromatic heterocycles. The molecule has 2 fully saturated rings. The summed E-state index contributed by atoms with van der Waals surface area (Å²) < 4.78 is 5.25. The van der Waals surface area contributed by atoms with Crippen molar-refractivity contribution in [1.29, 1.82) is 0 Å². The third-order valence-electron chi connectivity index (χ3n) is 3.91. The first kappa shape index (κ1) is 11.4. The van der Waals surface area contributed by atoms with Crippen molar-refractivity contribution < 1.29 is 9.84 Å². The molecule has 88 valence electrons. The molecule has 1 aliphatic heterocycles. The number of nitrogens with one attached hydrogen (secondary N) is 1. The van der Waals surface area contributed by atoms with Gasteiger partial charge in [-0.3, -0.25) is 0 Å². The first-order valence-corrected chi connectivity index (χ1v) is 6.18. The van der Waals surface area contributed by atoms with Gasteiger partial charge in [-0.05, 0) is 31.1 Å². The standard InChI is InChI=1S/C12H23NO2/c1-8-3-4-10(9(2)5-8)13-11-6-15-7-12(11)14/h8-14H,3-7H2,1-2H3. The maximum atomic E-state index is 9.67. The molecule has 2 rings (SSSR count). The summed E-state index contributed by atoms with van der Waals surface area (Å²) >= 11 is 0. The van der Waals surface area contributed by atoms with Crippen LogP contribution in [0.2, 0.25) is 0 Å². The van der Waals surface area contributed by atoms with E-state index in [1.54, 1.807) is 0 Å². The number of aliphatic hydroxyl groups is 1. The van der Waals surface area contributed by atoms with Crippen LogP contribution in [0.5, 0.6) is 0 Å². The molecule has 1 saturated carbocycles. The number of rotatable bonds is 2. The maximum Gasteiger partial charge on any atom is 0.0948 e. The highest BCUT2D eigenvalue weighted by Crippen LogP contribution is 2.29. The van der Waals surface area contributed by atoms with Gasteiger partial charge in [0.15, 0.2) is 0 Å². The zero-order chi connectivity index (χ0) is 10.8. The third kappa shape index (κ3) is 2.71. The molecule has 3 heteroatoms. The molecule has 0 aromatic rings. The van der Waals surface area contributed by atoms with Crippen LogP contribution in [0, 0.1) is 11.8 Å². The summed E-state index contributed by atoms with van der Waals surface area (Å²) in [7, 11) is 0. The Hall–Kier alpha value is -0.120. The predicted molar refractivity (Wildman–Crippen MR) is 59.7 cm³/mol. The molecular weight excluding hydrogens is 190 g/mol. The average molecular weight is 213 g/mol. The smallest absolute Gasteiger partial charge is 0.0948 e. The fraction of sp³-hybridized carbons (Fsp3) is 1.00. The molecule has 0 spiro atoms. The molecule has 0 radical (unpaired) electrons. The van der Waals surface area contributed by atoms with E-state index in [1.165, 1.54) is 19.3 Å². The lowest BCUT2D eigenvalue weighted by atomic mass is 9.79. The highest BCUT2D eigenvalue weighted by atomic mass is 16.5. The molecule has 5 atom stereocenters. The highest BCUT2D eigenvalue weighted by molar-refractivity contribution is 4.88. The van der Waals surface area contributed by atoms with Gasteiger partial charge in [0.05, 0.1) is 25.4 Å². The summed E-state index contributed by atoms with van der Waals surface area (Å²) in [6, 6.07) is 0.730. The van der Waals surface area contributed by atoms with E-state index in [0.717, 1.165) is 11.8 Å². The van der Waals surface area contributed by atoms with E-state index in [-0.39, 0.29) is 12.1 Å². The van der Waals surface area contributed by atoms with Gasteiger partial charge in [0.1, 0.15) is 0 Å². The van der Waals surface area contributed by atoms with Crippen LogP contribution < -0.4 is 5.32 Å². The quantitative estimate of drug-likeness (QED) is 0.723. The summed E-state index contributed by atoms with van der Waals surface area (Å²) in [6.45, 7) is 5.81. The molecule has 0 aromatic carbocycles. The largest absolute Gasteiger partial charge is 0.389 e. The lowest BCUT2D eigenvalue weighted by Crippen LogP contribution is -2.49. The minimum atomic E-state index is -0.309. The monoisotopic (exact) mass is 213 g/mol. The Balaban J connectivity index is 1.83. The molecule has 1 saturated heterocycles. The first-order chi connectivity index (χ1) is 7.16. The van der Waals surface area contributed by atoms with Crippen molar-refractivity contribution in [2.24, 2.45) is 11.8 Å². The van der Waals surface area contributed by atoms with Crippen LogP contribution >= 0.6 is 0 Å². The summed E-state index contributed by atoms with van der Waals surface area (Å²) in [5.41, 5.74) is 0. The van der Waals surface area contributed by atoms with Gasteiger partial charge in [0.25, 0.3) is 0 Å². The number of hydrogen-bond donors (Lipinski definition) is 2. The van der Waals surface area contributed by atoms with E-state index in [1.807, 2.05) is 0 Å². The van der Waals surface area contributed by atoms with E-state index in [2.05, 4.69) is 19.2 Å². The zero-order valence-electron chi connectivity index (χ0n) is 9.78. The minimum Gasteiger partial charge on any atom is -0.389 e. The van der Waals surface area contributed by atoms with E-state index in [9.17, 15) is 5.11 Å². The lowest BCUT2D eigenvalue weighted by Gasteiger charge is -2.35. The molecule has 1 aliphatic carbocycles. The lowest BCUT2D eigenvalue weighted by molar-refractivity contribution is 0.116. The van der Waals surface area contributed by atoms with Crippen LogP contribution in [0.15, 0.2) is 0 Å². The van der Waals surface area contributed by atoms with Crippen LogP contribution in [-0.2, 0) is 4.74 Å². The fourth-order valence-corrected chi connectivity index (χ4v) is 2.89. The third-order valence-corrected chi connectivity index (χ3v) is 3.91. The van der Waals surface area contributed by atoms with Crippen molar-refractivity contribution in [2.75, 3.05) is 13.2 Å². The molecule has 0 bridgehead atoms. The minimum absolute atomic E-state index is 0.158. The van der Waals surface area contributed by atoms with Crippen molar-refractivity contribution in [2.45, 2.75) is 51.3 Å². The zero-order valence-corrected chi connectivity index (χ0v) is 9.78. The molecule has 1 heterocycles. The Morgan fingerprint density at radius 1 is 1.13 bits per heavy atom. The van der Waals surface area contributed by atoms with Gasteiger partial charge < -0.3 is 15.2 Å². The van der Waals surface area contributed by atoms with E-state index >= 15 is 0 Å². The van der Waals surface area contributed by atoms with Gasteiger partial charge in [-0.1, -0.05) is 13.8 Å². The van der Waals surface area contributed by atoms with Crippen LogP contribution in [0.3, 0.4) is 0 Å². The van der Waals surface area contributed by atoms with Gasteiger partial charge in [-0.25, -0.2) is 0 Å². The SMILES string of the molecule is CC1CCC(NC2COCC2O)C(C)C1. The topological polar surface area (TPSA) is 41.5 Å². The molecule has 3 nitrogen and oxygen atoms in total. The first-order valence-electron chi connectivity index (χ1n) is 6.18. The van der Waals surface area contributed by atoms with Gasteiger partial charge in [-0.15, -0.1) is 0 Å². The summed E-state index contributed by atoms with van der Waals surface area (Å²) in [4.78, 5) is 0. The number of ether oxygens (including phenoxy) is 1. The van der Waals surface area contributed by atoms with Crippen molar-refractivity contribution >= 4 is 0 Å². The second kappa shape index (κ2) is 4.81. The predicted octanol–water partition coefficient (Wildman–Crippen LogP) is 1.16. The van der Waals surface area contributed by atoms with Gasteiger partial charge in [0.2, 0.25) is 0 Å². The molecule has 0 amide bonds. The van der Waals surface area contributed by atoms with Gasteiger partial charge in [0, 0.05) is 6.04 Å². The molecule has 2 N–H and O–H groups in total. The van der Waals surface area contributed by atoms with Crippen molar-refractivity contribution in [3.05, 3.63) is 0 Å².